The van der Waals surface area contributed by atoms with E-state index in [9.17, 15) is 5.11 Å². The highest BCUT2D eigenvalue weighted by Crippen LogP contribution is 2.44. The first-order valence-electron chi connectivity index (χ1n) is 9.62. The van der Waals surface area contributed by atoms with Crippen molar-refractivity contribution in [1.82, 2.24) is 9.97 Å². The lowest BCUT2D eigenvalue weighted by atomic mass is 9.74. The van der Waals surface area contributed by atoms with Crippen molar-refractivity contribution < 1.29 is 19.3 Å². The molecule has 1 aliphatic carbocycles. The standard InChI is InChI=1S/C21H25N3O4.BrH/c1-4-28-19-8-14-15-7-13(25)5-6-17(15)24-20(16(14)9-18(19)26-2)12-10-22-21(27-3)23-11-12;/h8-11,13,15,17,25H,4-7H2,1-3H3;1H/t13-,15-,17-;/m1./s1. The first-order chi connectivity index (χ1) is 13.6. The second-order valence-corrected chi connectivity index (χ2v) is 7.10. The largest absolute Gasteiger partial charge is 0.493 e. The summed E-state index contributed by atoms with van der Waals surface area (Å²) in [4.78, 5) is 13.5. The number of methoxy groups -OCH3 is 2. The lowest BCUT2D eigenvalue weighted by Gasteiger charge is -2.37. The summed E-state index contributed by atoms with van der Waals surface area (Å²) in [7, 11) is 3.17. The maximum Gasteiger partial charge on any atom is 0.316 e. The van der Waals surface area contributed by atoms with Gasteiger partial charge in [0.15, 0.2) is 11.5 Å². The van der Waals surface area contributed by atoms with Crippen LogP contribution >= 0.6 is 17.0 Å². The van der Waals surface area contributed by atoms with Crippen LogP contribution in [0.3, 0.4) is 0 Å². The molecule has 3 atom stereocenters. The predicted octanol–water partition coefficient (Wildman–Crippen LogP) is 3.32. The van der Waals surface area contributed by atoms with Crippen molar-refractivity contribution in [3.8, 4) is 17.5 Å². The molecule has 0 spiro atoms. The summed E-state index contributed by atoms with van der Waals surface area (Å²) < 4.78 is 16.4. The van der Waals surface area contributed by atoms with Gasteiger partial charge in [-0.25, -0.2) is 9.97 Å². The molecule has 0 amide bonds. The highest BCUT2D eigenvalue weighted by molar-refractivity contribution is 8.93. The van der Waals surface area contributed by atoms with E-state index in [1.165, 1.54) is 0 Å². The number of hydrogen-bond acceptors (Lipinski definition) is 7. The molecule has 2 aromatic rings. The van der Waals surface area contributed by atoms with Gasteiger partial charge in [-0.2, -0.15) is 0 Å². The Hall–Kier alpha value is -2.19. The van der Waals surface area contributed by atoms with Gasteiger partial charge in [0.1, 0.15) is 0 Å². The van der Waals surface area contributed by atoms with E-state index in [1.54, 1.807) is 26.6 Å². The highest BCUT2D eigenvalue weighted by atomic mass is 79.9. The molecule has 1 aliphatic heterocycles. The summed E-state index contributed by atoms with van der Waals surface area (Å²) in [6, 6.07) is 4.46. The molecule has 0 radical (unpaired) electrons. The zero-order valence-corrected chi connectivity index (χ0v) is 18.5. The van der Waals surface area contributed by atoms with Crippen LogP contribution in [-0.4, -0.2) is 53.8 Å². The summed E-state index contributed by atoms with van der Waals surface area (Å²) in [5.41, 5.74) is 3.78. The van der Waals surface area contributed by atoms with E-state index in [-0.39, 0.29) is 35.0 Å². The van der Waals surface area contributed by atoms with Gasteiger partial charge in [0, 0.05) is 29.4 Å². The summed E-state index contributed by atoms with van der Waals surface area (Å²) in [6.45, 7) is 2.51. The minimum absolute atomic E-state index is 0. The second-order valence-electron chi connectivity index (χ2n) is 7.10. The van der Waals surface area contributed by atoms with Crippen LogP contribution in [-0.2, 0) is 0 Å². The minimum atomic E-state index is -0.298. The molecule has 1 N–H and O–H groups in total. The summed E-state index contributed by atoms with van der Waals surface area (Å²) in [6.07, 6.45) is 5.48. The van der Waals surface area contributed by atoms with E-state index in [0.717, 1.165) is 41.0 Å². The number of aliphatic imine (C=N–C) groups is 1. The second kappa shape index (κ2) is 9.09. The Morgan fingerprint density at radius 2 is 1.83 bits per heavy atom. The minimum Gasteiger partial charge on any atom is -0.493 e. The van der Waals surface area contributed by atoms with Gasteiger partial charge in [-0.15, -0.1) is 17.0 Å². The third-order valence-corrected chi connectivity index (χ3v) is 5.46. The molecule has 1 fully saturated rings. The van der Waals surface area contributed by atoms with E-state index in [2.05, 4.69) is 9.97 Å². The molecule has 0 unspecified atom stereocenters. The Morgan fingerprint density at radius 1 is 1.07 bits per heavy atom. The average molecular weight is 464 g/mol. The molecule has 29 heavy (non-hydrogen) atoms. The zero-order chi connectivity index (χ0) is 19.7. The van der Waals surface area contributed by atoms with Gasteiger partial charge in [0.25, 0.3) is 0 Å². The molecule has 4 rings (SSSR count). The van der Waals surface area contributed by atoms with Gasteiger partial charge >= 0.3 is 6.01 Å². The van der Waals surface area contributed by atoms with Gasteiger partial charge in [0.2, 0.25) is 0 Å². The smallest absolute Gasteiger partial charge is 0.316 e. The predicted molar refractivity (Wildman–Crippen MR) is 115 cm³/mol. The third kappa shape index (κ3) is 4.09. The van der Waals surface area contributed by atoms with Gasteiger partial charge in [0.05, 0.1) is 38.7 Å². The molecule has 7 nitrogen and oxygen atoms in total. The lowest BCUT2D eigenvalue weighted by Crippen LogP contribution is -2.34. The molecule has 1 aromatic heterocycles. The van der Waals surface area contributed by atoms with Crippen molar-refractivity contribution in [2.45, 2.75) is 44.2 Å². The van der Waals surface area contributed by atoms with Gasteiger partial charge in [-0.1, -0.05) is 0 Å². The Bertz CT molecular complexity index is 888. The van der Waals surface area contributed by atoms with Crippen LogP contribution in [0.1, 0.15) is 48.8 Å². The van der Waals surface area contributed by atoms with Gasteiger partial charge < -0.3 is 19.3 Å². The molecule has 1 aromatic carbocycles. The molecule has 0 bridgehead atoms. The third-order valence-electron chi connectivity index (χ3n) is 5.46. The fourth-order valence-electron chi connectivity index (χ4n) is 4.15. The first kappa shape index (κ1) is 21.5. The molecule has 2 aliphatic rings. The maximum absolute atomic E-state index is 10.2. The number of aliphatic hydroxyl groups excluding tert-OH is 1. The molecule has 156 valence electrons. The number of aliphatic hydroxyl groups is 1. The number of benzene rings is 1. The normalized spacial score (nSPS) is 22.5. The molecular formula is C21H26BrN3O4. The van der Waals surface area contributed by atoms with Crippen LogP contribution in [0.5, 0.6) is 17.5 Å². The summed E-state index contributed by atoms with van der Waals surface area (Å²) >= 11 is 0. The number of fused-ring (bicyclic) bond motifs is 3. The first-order valence-corrected chi connectivity index (χ1v) is 9.62. The van der Waals surface area contributed by atoms with Crippen molar-refractivity contribution in [1.29, 1.82) is 0 Å². The number of rotatable bonds is 5. The molecular weight excluding hydrogens is 438 g/mol. The monoisotopic (exact) mass is 463 g/mol. The summed E-state index contributed by atoms with van der Waals surface area (Å²) in [5.74, 6) is 1.54. The van der Waals surface area contributed by atoms with Crippen LogP contribution in [0, 0.1) is 0 Å². The Balaban J connectivity index is 0.00000240. The van der Waals surface area contributed by atoms with Crippen molar-refractivity contribution >= 4 is 22.7 Å². The highest BCUT2D eigenvalue weighted by Gasteiger charge is 2.37. The molecule has 8 heteroatoms. The molecule has 1 saturated carbocycles. The molecule has 0 saturated heterocycles. The van der Waals surface area contributed by atoms with Crippen LogP contribution in [0.2, 0.25) is 0 Å². The Kier molecular flexibility index (Phi) is 6.74. The Labute approximate surface area is 180 Å². The van der Waals surface area contributed by atoms with E-state index in [4.69, 9.17) is 19.2 Å². The van der Waals surface area contributed by atoms with Crippen LogP contribution in [0.15, 0.2) is 29.5 Å². The lowest BCUT2D eigenvalue weighted by molar-refractivity contribution is 0.111. The number of halogens is 1. The van der Waals surface area contributed by atoms with Crippen LogP contribution in [0.4, 0.5) is 0 Å². The number of ether oxygens (including phenoxy) is 3. The maximum atomic E-state index is 10.2. The number of hydrogen-bond donors (Lipinski definition) is 1. The fraction of sp³-hybridized carbons (Fsp3) is 0.476. The van der Waals surface area contributed by atoms with Crippen molar-refractivity contribution in [3.05, 3.63) is 41.2 Å². The topological polar surface area (TPSA) is 86.1 Å². The zero-order valence-electron chi connectivity index (χ0n) is 16.8. The fourth-order valence-corrected chi connectivity index (χ4v) is 4.15. The Morgan fingerprint density at radius 3 is 2.48 bits per heavy atom. The van der Waals surface area contributed by atoms with E-state index >= 15 is 0 Å². The molecule has 2 heterocycles. The van der Waals surface area contributed by atoms with Gasteiger partial charge in [-0.3, -0.25) is 4.99 Å². The van der Waals surface area contributed by atoms with E-state index < -0.39 is 0 Å². The quantitative estimate of drug-likeness (QED) is 0.731. The van der Waals surface area contributed by atoms with E-state index in [0.29, 0.717) is 24.8 Å². The van der Waals surface area contributed by atoms with Gasteiger partial charge in [-0.05, 0) is 43.9 Å². The summed E-state index contributed by atoms with van der Waals surface area (Å²) in [5, 5.41) is 10.2. The van der Waals surface area contributed by atoms with Crippen LogP contribution in [0.25, 0.3) is 0 Å². The number of aromatic nitrogens is 2. The van der Waals surface area contributed by atoms with Crippen LogP contribution < -0.4 is 14.2 Å². The van der Waals surface area contributed by atoms with Crippen molar-refractivity contribution in [2.75, 3.05) is 20.8 Å². The average Bonchev–Trinajstić information content (AvgIpc) is 2.73. The van der Waals surface area contributed by atoms with Crippen molar-refractivity contribution in [2.24, 2.45) is 4.99 Å². The van der Waals surface area contributed by atoms with E-state index in [1.807, 2.05) is 19.1 Å². The van der Waals surface area contributed by atoms with Crippen molar-refractivity contribution in [3.63, 3.8) is 0 Å². The number of nitrogens with zero attached hydrogens (tertiary/aromatic N) is 3. The SMILES string of the molecule is Br.CCOc1cc2c(cc1OC)C(c1cnc(OC)nc1)=N[C@@H]1CC[C@@H](O)C[C@H]21.